The average Bonchev–Trinajstić information content (AvgIpc) is 2.42. The molecule has 4 nitrogen and oxygen atoms in total. The largest absolute Gasteiger partial charge is 0.398 e. The zero-order valence-corrected chi connectivity index (χ0v) is 13.4. The van der Waals surface area contributed by atoms with Crippen molar-refractivity contribution in [3.63, 3.8) is 0 Å². The maximum atomic E-state index is 12.4. The molecule has 0 saturated carbocycles. The third kappa shape index (κ3) is 3.49. The molecule has 21 heavy (non-hydrogen) atoms. The highest BCUT2D eigenvalue weighted by atomic mass is 35.5. The van der Waals surface area contributed by atoms with Gasteiger partial charge in [0.25, 0.3) is 10.0 Å². The van der Waals surface area contributed by atoms with E-state index < -0.39 is 10.0 Å². The summed E-state index contributed by atoms with van der Waals surface area (Å²) in [5.74, 6) is 0. The molecule has 3 N–H and O–H groups in total. The number of nitrogens with one attached hydrogen (secondary N) is 1. The van der Waals surface area contributed by atoms with E-state index in [9.17, 15) is 8.42 Å². The number of hydrogen-bond acceptors (Lipinski definition) is 3. The Bertz CT molecular complexity index is 773. The first kappa shape index (κ1) is 15.7. The molecule has 0 unspecified atom stereocenters. The van der Waals surface area contributed by atoms with Gasteiger partial charge in [-0.3, -0.25) is 4.72 Å². The van der Waals surface area contributed by atoms with Crippen LogP contribution < -0.4 is 10.5 Å². The van der Waals surface area contributed by atoms with Crippen molar-refractivity contribution in [3.05, 3.63) is 52.5 Å². The van der Waals surface area contributed by atoms with Gasteiger partial charge in [-0.25, -0.2) is 8.42 Å². The van der Waals surface area contributed by atoms with E-state index in [4.69, 9.17) is 17.3 Å². The molecule has 0 fully saturated rings. The number of halogens is 1. The number of anilines is 2. The van der Waals surface area contributed by atoms with Gasteiger partial charge in [0.2, 0.25) is 0 Å². The van der Waals surface area contributed by atoms with E-state index in [-0.39, 0.29) is 4.90 Å². The third-order valence-electron chi connectivity index (χ3n) is 3.17. The summed E-state index contributed by atoms with van der Waals surface area (Å²) in [5.41, 5.74) is 8.52. The van der Waals surface area contributed by atoms with E-state index in [0.29, 0.717) is 16.4 Å². The quantitative estimate of drug-likeness (QED) is 0.844. The monoisotopic (exact) mass is 324 g/mol. The van der Waals surface area contributed by atoms with Gasteiger partial charge in [0.1, 0.15) is 0 Å². The van der Waals surface area contributed by atoms with E-state index >= 15 is 0 Å². The molecule has 2 rings (SSSR count). The van der Waals surface area contributed by atoms with Crippen molar-refractivity contribution in [1.29, 1.82) is 0 Å². The van der Waals surface area contributed by atoms with Gasteiger partial charge in [-0.1, -0.05) is 30.7 Å². The summed E-state index contributed by atoms with van der Waals surface area (Å²) in [4.78, 5) is 0.120. The van der Waals surface area contributed by atoms with Crippen molar-refractivity contribution < 1.29 is 8.42 Å². The fourth-order valence-electron chi connectivity index (χ4n) is 1.98. The Balaban J connectivity index is 2.38. The Morgan fingerprint density at radius 2 is 1.90 bits per heavy atom. The van der Waals surface area contributed by atoms with E-state index in [1.807, 2.05) is 19.9 Å². The summed E-state index contributed by atoms with van der Waals surface area (Å²) in [5, 5.41) is 0.349. The zero-order chi connectivity index (χ0) is 15.6. The van der Waals surface area contributed by atoms with Crippen LogP contribution in [0, 0.1) is 6.92 Å². The van der Waals surface area contributed by atoms with Crippen LogP contribution in [0.25, 0.3) is 0 Å². The van der Waals surface area contributed by atoms with Crippen molar-refractivity contribution >= 4 is 33.0 Å². The molecular weight excluding hydrogens is 308 g/mol. The molecule has 0 amide bonds. The summed E-state index contributed by atoms with van der Waals surface area (Å²) >= 11 is 6.02. The number of rotatable bonds is 4. The molecule has 112 valence electrons. The fourth-order valence-corrected chi connectivity index (χ4v) is 3.31. The smallest absolute Gasteiger partial charge is 0.262 e. The first-order chi connectivity index (χ1) is 9.83. The molecule has 0 heterocycles. The van der Waals surface area contributed by atoms with Crippen LogP contribution in [-0.2, 0) is 16.4 Å². The molecule has 0 saturated heterocycles. The molecule has 6 heteroatoms. The minimum absolute atomic E-state index is 0.120. The van der Waals surface area contributed by atoms with Crippen LogP contribution in [0.2, 0.25) is 5.02 Å². The summed E-state index contributed by atoms with van der Waals surface area (Å²) in [6, 6.07) is 9.88. The summed E-state index contributed by atoms with van der Waals surface area (Å²) < 4.78 is 27.3. The molecule has 0 aliphatic carbocycles. The van der Waals surface area contributed by atoms with Crippen LogP contribution in [0.15, 0.2) is 41.3 Å². The van der Waals surface area contributed by atoms with Crippen LogP contribution in [0.3, 0.4) is 0 Å². The molecule has 0 atom stereocenters. The van der Waals surface area contributed by atoms with Crippen molar-refractivity contribution in [2.75, 3.05) is 10.5 Å². The van der Waals surface area contributed by atoms with Crippen LogP contribution in [0.4, 0.5) is 11.4 Å². The van der Waals surface area contributed by atoms with Crippen molar-refractivity contribution in [2.45, 2.75) is 25.2 Å². The Morgan fingerprint density at radius 3 is 2.52 bits per heavy atom. The third-order valence-corrected chi connectivity index (χ3v) is 4.87. The molecule has 0 spiro atoms. The molecule has 0 radical (unpaired) electrons. The lowest BCUT2D eigenvalue weighted by Crippen LogP contribution is -2.14. The molecule has 0 aromatic heterocycles. The fraction of sp³-hybridized carbons (Fsp3) is 0.200. The first-order valence-electron chi connectivity index (χ1n) is 6.51. The average molecular weight is 325 g/mol. The van der Waals surface area contributed by atoms with E-state index in [2.05, 4.69) is 4.72 Å². The lowest BCUT2D eigenvalue weighted by atomic mass is 10.1. The van der Waals surface area contributed by atoms with Gasteiger partial charge in [0.15, 0.2) is 0 Å². The number of benzene rings is 2. The van der Waals surface area contributed by atoms with Gasteiger partial charge < -0.3 is 5.73 Å². The van der Waals surface area contributed by atoms with Crippen LogP contribution in [0.5, 0.6) is 0 Å². The van der Waals surface area contributed by atoms with Crippen molar-refractivity contribution in [3.8, 4) is 0 Å². The molecule has 0 aliphatic heterocycles. The summed E-state index contributed by atoms with van der Waals surface area (Å²) in [6.07, 6.45) is 0.753. The van der Waals surface area contributed by atoms with Crippen molar-refractivity contribution in [2.24, 2.45) is 0 Å². The van der Waals surface area contributed by atoms with Gasteiger partial charge in [-0.05, 0) is 48.7 Å². The number of aryl methyl sites for hydroxylation is 2. The van der Waals surface area contributed by atoms with Crippen LogP contribution in [0.1, 0.15) is 18.1 Å². The topological polar surface area (TPSA) is 72.2 Å². The standard InChI is InChI=1S/C15H17ClN2O2S/c1-3-11-5-6-12(9-14(11)17)21(19,20)18-15-8-10(2)4-7-13(15)16/h4-9,18H,3,17H2,1-2H3. The highest BCUT2D eigenvalue weighted by Gasteiger charge is 2.17. The van der Waals surface area contributed by atoms with E-state index in [0.717, 1.165) is 17.5 Å². The molecule has 2 aromatic rings. The maximum Gasteiger partial charge on any atom is 0.262 e. The molecule has 0 bridgehead atoms. The van der Waals surface area contributed by atoms with Gasteiger partial charge in [0, 0.05) is 5.69 Å². The van der Waals surface area contributed by atoms with Gasteiger partial charge in [0.05, 0.1) is 15.6 Å². The SMILES string of the molecule is CCc1ccc(S(=O)(=O)Nc2cc(C)ccc2Cl)cc1N. The normalized spacial score (nSPS) is 11.4. The minimum atomic E-state index is -3.71. The number of sulfonamides is 1. The second kappa shape index (κ2) is 5.95. The van der Waals surface area contributed by atoms with Crippen molar-refractivity contribution in [1.82, 2.24) is 0 Å². The Morgan fingerprint density at radius 1 is 1.19 bits per heavy atom. The molecular formula is C15H17ClN2O2S. The first-order valence-corrected chi connectivity index (χ1v) is 8.37. The Kier molecular flexibility index (Phi) is 4.44. The minimum Gasteiger partial charge on any atom is -0.398 e. The second-order valence-electron chi connectivity index (χ2n) is 4.80. The summed E-state index contributed by atoms with van der Waals surface area (Å²) in [6.45, 7) is 3.83. The zero-order valence-electron chi connectivity index (χ0n) is 11.9. The highest BCUT2D eigenvalue weighted by Crippen LogP contribution is 2.26. The molecule has 0 aliphatic rings. The Labute approximate surface area is 130 Å². The van der Waals surface area contributed by atoms with E-state index in [1.165, 1.54) is 6.07 Å². The van der Waals surface area contributed by atoms with Crippen LogP contribution in [-0.4, -0.2) is 8.42 Å². The van der Waals surface area contributed by atoms with Gasteiger partial charge in [-0.15, -0.1) is 0 Å². The lowest BCUT2D eigenvalue weighted by molar-refractivity contribution is 0.601. The predicted molar refractivity (Wildman–Crippen MR) is 87.2 cm³/mol. The number of nitrogens with two attached hydrogens (primary N) is 1. The lowest BCUT2D eigenvalue weighted by Gasteiger charge is -2.12. The van der Waals surface area contributed by atoms with Crippen LogP contribution >= 0.6 is 11.6 Å². The van der Waals surface area contributed by atoms with E-state index in [1.54, 1.807) is 24.3 Å². The van der Waals surface area contributed by atoms with Gasteiger partial charge in [-0.2, -0.15) is 0 Å². The Hall–Kier alpha value is -1.72. The predicted octanol–water partition coefficient (Wildman–Crippen LogP) is 3.59. The second-order valence-corrected chi connectivity index (χ2v) is 6.89. The van der Waals surface area contributed by atoms with Gasteiger partial charge >= 0.3 is 0 Å². The number of nitrogen functional groups attached to an aromatic ring is 1. The summed E-state index contributed by atoms with van der Waals surface area (Å²) in [7, 11) is -3.71. The molecule has 2 aromatic carbocycles. The number of hydrogen-bond donors (Lipinski definition) is 2. The maximum absolute atomic E-state index is 12.4. The highest BCUT2D eigenvalue weighted by molar-refractivity contribution is 7.92.